The van der Waals surface area contributed by atoms with Crippen LogP contribution in [0.5, 0.6) is 0 Å². The van der Waals surface area contributed by atoms with Gasteiger partial charge in [0.1, 0.15) is 0 Å². The summed E-state index contributed by atoms with van der Waals surface area (Å²) in [5.41, 5.74) is 8.29. The molecule has 0 heterocycles. The molecule has 1 fully saturated rings. The van der Waals surface area contributed by atoms with Crippen LogP contribution >= 0.6 is 0 Å². The average Bonchev–Trinajstić information content (AvgIpc) is 2.83. The normalized spacial score (nSPS) is 23.6. The zero-order chi connectivity index (χ0) is 24.0. The summed E-state index contributed by atoms with van der Waals surface area (Å²) in [4.78, 5) is 23.9. The summed E-state index contributed by atoms with van der Waals surface area (Å²) in [7, 11) is 1.75. The van der Waals surface area contributed by atoms with E-state index in [2.05, 4.69) is 19.2 Å². The van der Waals surface area contributed by atoms with Crippen molar-refractivity contribution in [2.24, 2.45) is 17.6 Å². The van der Waals surface area contributed by atoms with E-state index in [1.54, 1.807) is 13.2 Å². The molecule has 184 valence electrons. The lowest BCUT2D eigenvalue weighted by atomic mass is 9.62. The zero-order valence-corrected chi connectivity index (χ0v) is 20.6. The zero-order valence-electron chi connectivity index (χ0n) is 20.6. The Labute approximate surface area is 198 Å². The number of carbonyl (C=O) groups excluding carboxylic acids is 1. The Morgan fingerprint density at radius 2 is 1.91 bits per heavy atom. The second-order valence-electron chi connectivity index (χ2n) is 10.1. The molecule has 1 amide bonds. The molecule has 0 radical (unpaired) electrons. The van der Waals surface area contributed by atoms with E-state index < -0.39 is 11.9 Å². The molecule has 1 unspecified atom stereocenters. The Balaban J connectivity index is 1.78. The molecule has 4 N–H and O–H groups in total. The Morgan fingerprint density at radius 3 is 2.48 bits per heavy atom. The number of carbonyl (C=O) groups is 2. The number of fused-ring (bicyclic) bond motifs is 1. The average molecular weight is 459 g/mol. The molecular weight excluding hydrogens is 416 g/mol. The first-order valence-electron chi connectivity index (χ1n) is 12.8. The minimum Gasteiger partial charge on any atom is -0.481 e. The fraction of sp³-hybridized carbons (Fsp3) is 0.704. The number of rotatable bonds is 11. The van der Waals surface area contributed by atoms with Crippen molar-refractivity contribution in [2.75, 3.05) is 13.7 Å². The van der Waals surface area contributed by atoms with Crippen LogP contribution < -0.4 is 11.1 Å². The van der Waals surface area contributed by atoms with E-state index in [1.165, 1.54) is 43.2 Å². The van der Waals surface area contributed by atoms with Crippen molar-refractivity contribution in [3.63, 3.8) is 0 Å². The van der Waals surface area contributed by atoms with Crippen LogP contribution in [0.15, 0.2) is 18.2 Å². The van der Waals surface area contributed by atoms with E-state index in [0.717, 1.165) is 25.7 Å². The van der Waals surface area contributed by atoms with Gasteiger partial charge in [0.15, 0.2) is 0 Å². The second kappa shape index (κ2) is 11.5. The molecule has 0 saturated heterocycles. The van der Waals surface area contributed by atoms with Crippen molar-refractivity contribution < 1.29 is 19.4 Å². The van der Waals surface area contributed by atoms with Gasteiger partial charge in [0.05, 0.1) is 12.0 Å². The van der Waals surface area contributed by atoms with Crippen LogP contribution in [0.3, 0.4) is 0 Å². The second-order valence-corrected chi connectivity index (χ2v) is 10.1. The molecule has 6 heteroatoms. The van der Waals surface area contributed by atoms with Crippen molar-refractivity contribution >= 4 is 11.9 Å². The number of benzene rings is 1. The molecule has 2 aliphatic carbocycles. The highest BCUT2D eigenvalue weighted by Gasteiger charge is 2.46. The van der Waals surface area contributed by atoms with E-state index in [0.29, 0.717) is 24.4 Å². The number of nitrogens with one attached hydrogen (secondary N) is 1. The molecule has 0 spiro atoms. The van der Waals surface area contributed by atoms with Gasteiger partial charge in [-0.2, -0.15) is 0 Å². The van der Waals surface area contributed by atoms with E-state index >= 15 is 0 Å². The highest BCUT2D eigenvalue weighted by molar-refractivity contribution is 5.93. The van der Waals surface area contributed by atoms with Crippen molar-refractivity contribution in [3.8, 4) is 0 Å². The maximum Gasteiger partial charge on any atom is 0.306 e. The van der Waals surface area contributed by atoms with Crippen LogP contribution in [0, 0.1) is 11.8 Å². The number of nitrogens with two attached hydrogens (primary N) is 1. The maximum absolute atomic E-state index is 12.0. The number of primary amides is 1. The molecule has 1 aromatic rings. The fourth-order valence-electron chi connectivity index (χ4n) is 6.43. The topological polar surface area (TPSA) is 102 Å². The van der Waals surface area contributed by atoms with E-state index in [-0.39, 0.29) is 23.5 Å². The smallest absolute Gasteiger partial charge is 0.306 e. The molecule has 6 nitrogen and oxygen atoms in total. The standard InChI is InChI=1S/C27H42N2O4/c1-4-27(5-2)22-16-20(25(28)30)12-11-19(22)17-23(33-3)24(27)29-14-13-21(26(31)32)15-18-9-7-6-8-10-18/h11-12,16,18,21,23-24,29H,4-10,13-15,17H2,1-3H3,(H2,28,30)(H,31,32)/t21?,23-,24+/m1/s1. The van der Waals surface area contributed by atoms with Crippen molar-refractivity contribution in [1.82, 2.24) is 5.32 Å². The molecule has 3 atom stereocenters. The Kier molecular flexibility index (Phi) is 8.94. The highest BCUT2D eigenvalue weighted by atomic mass is 16.5. The number of aliphatic carboxylic acids is 1. The first kappa shape index (κ1) is 25.7. The van der Waals surface area contributed by atoms with Crippen LogP contribution in [0.25, 0.3) is 0 Å². The number of methoxy groups -OCH3 is 1. The first-order valence-corrected chi connectivity index (χ1v) is 12.8. The summed E-state index contributed by atoms with van der Waals surface area (Å²) in [5.74, 6) is -0.852. The van der Waals surface area contributed by atoms with Gasteiger partial charge in [0, 0.05) is 30.6 Å². The van der Waals surface area contributed by atoms with Gasteiger partial charge < -0.3 is 20.9 Å². The molecule has 1 saturated carbocycles. The third-order valence-corrected chi connectivity index (χ3v) is 8.43. The Bertz CT molecular complexity index is 814. The van der Waals surface area contributed by atoms with Crippen molar-refractivity contribution in [2.45, 2.75) is 95.6 Å². The number of ether oxygens (including phenoxy) is 1. The molecular formula is C27H42N2O4. The molecule has 33 heavy (non-hydrogen) atoms. The first-order chi connectivity index (χ1) is 15.9. The SMILES string of the molecule is CCC1(CC)c2cc(C(N)=O)ccc2C[C@@H](OC)[C@@H]1NCCC(CC1CCCCC1)C(=O)O. The minimum atomic E-state index is -0.678. The lowest BCUT2D eigenvalue weighted by Crippen LogP contribution is -2.59. The molecule has 0 aromatic heterocycles. The fourth-order valence-corrected chi connectivity index (χ4v) is 6.43. The largest absolute Gasteiger partial charge is 0.481 e. The summed E-state index contributed by atoms with van der Waals surface area (Å²) in [6.45, 7) is 5.00. The summed E-state index contributed by atoms with van der Waals surface area (Å²) in [6.07, 6.45) is 10.0. The maximum atomic E-state index is 12.0. The monoisotopic (exact) mass is 458 g/mol. The summed E-state index contributed by atoms with van der Waals surface area (Å²) >= 11 is 0. The van der Waals surface area contributed by atoms with E-state index in [4.69, 9.17) is 10.5 Å². The molecule has 2 aliphatic rings. The Morgan fingerprint density at radius 1 is 1.21 bits per heavy atom. The molecule has 0 aliphatic heterocycles. The van der Waals surface area contributed by atoms with E-state index in [9.17, 15) is 14.7 Å². The Hall–Kier alpha value is -1.92. The van der Waals surface area contributed by atoms with Crippen LogP contribution in [0.1, 0.15) is 93.1 Å². The van der Waals surface area contributed by atoms with Gasteiger partial charge in [-0.3, -0.25) is 9.59 Å². The van der Waals surface area contributed by atoms with Crippen LogP contribution in [-0.4, -0.2) is 42.8 Å². The molecule has 3 rings (SSSR count). The van der Waals surface area contributed by atoms with Gasteiger partial charge in [-0.1, -0.05) is 52.0 Å². The van der Waals surface area contributed by atoms with Crippen LogP contribution in [0.4, 0.5) is 0 Å². The summed E-state index contributed by atoms with van der Waals surface area (Å²) in [5, 5.41) is 13.6. The van der Waals surface area contributed by atoms with Crippen molar-refractivity contribution in [3.05, 3.63) is 34.9 Å². The van der Waals surface area contributed by atoms with Crippen LogP contribution in [0.2, 0.25) is 0 Å². The third-order valence-electron chi connectivity index (χ3n) is 8.43. The number of amides is 1. The van der Waals surface area contributed by atoms with Gasteiger partial charge >= 0.3 is 5.97 Å². The lowest BCUT2D eigenvalue weighted by Gasteiger charge is -2.49. The number of hydrogen-bond donors (Lipinski definition) is 3. The summed E-state index contributed by atoms with van der Waals surface area (Å²) in [6, 6.07) is 5.83. The number of carboxylic acids is 1. The third kappa shape index (κ3) is 5.60. The van der Waals surface area contributed by atoms with Gasteiger partial charge in [0.25, 0.3) is 0 Å². The lowest BCUT2D eigenvalue weighted by molar-refractivity contribution is -0.142. The van der Waals surface area contributed by atoms with E-state index in [1.807, 2.05) is 12.1 Å². The molecule has 1 aromatic carbocycles. The van der Waals surface area contributed by atoms with Gasteiger partial charge in [-0.15, -0.1) is 0 Å². The van der Waals surface area contributed by atoms with Crippen molar-refractivity contribution in [1.29, 1.82) is 0 Å². The predicted molar refractivity (Wildman–Crippen MR) is 130 cm³/mol. The number of carboxylic acid groups (broad SMARTS) is 1. The predicted octanol–water partition coefficient (Wildman–Crippen LogP) is 4.43. The van der Waals surface area contributed by atoms with Gasteiger partial charge in [-0.25, -0.2) is 0 Å². The van der Waals surface area contributed by atoms with Crippen LogP contribution in [-0.2, 0) is 21.4 Å². The van der Waals surface area contributed by atoms with Gasteiger partial charge in [-0.05, 0) is 61.4 Å². The minimum absolute atomic E-state index is 0.0153. The summed E-state index contributed by atoms with van der Waals surface area (Å²) < 4.78 is 5.95. The quantitative estimate of drug-likeness (QED) is 0.455. The highest BCUT2D eigenvalue weighted by Crippen LogP contribution is 2.44. The van der Waals surface area contributed by atoms with Gasteiger partial charge in [0.2, 0.25) is 5.91 Å². The number of hydrogen-bond acceptors (Lipinski definition) is 4. The molecule has 0 bridgehead atoms.